The molecule has 1 atom stereocenters. The second kappa shape index (κ2) is 8.19. The van der Waals surface area contributed by atoms with Gasteiger partial charge in [0.1, 0.15) is 6.10 Å². The number of amides is 2. The van der Waals surface area contributed by atoms with Crippen molar-refractivity contribution in [2.45, 2.75) is 19.4 Å². The number of benzene rings is 1. The molecule has 0 aromatic heterocycles. The number of ether oxygens (including phenoxy) is 1. The van der Waals surface area contributed by atoms with Gasteiger partial charge in [-0.2, -0.15) is 0 Å². The topological polar surface area (TPSA) is 116 Å². The Labute approximate surface area is 109 Å². The molecular weight excluding hydrogens is 260 g/mol. The highest BCUT2D eigenvalue weighted by molar-refractivity contribution is 6.31. The predicted molar refractivity (Wildman–Crippen MR) is 67.5 cm³/mol. The van der Waals surface area contributed by atoms with Gasteiger partial charge in [0.2, 0.25) is 0 Å². The van der Waals surface area contributed by atoms with E-state index in [1.165, 1.54) is 0 Å². The van der Waals surface area contributed by atoms with Gasteiger partial charge in [0.15, 0.2) is 0 Å². The van der Waals surface area contributed by atoms with Crippen LogP contribution in [0.25, 0.3) is 0 Å². The standard InChI is InChI=1S/C10H12ClNO2.CH3NO2/c1-7(14-10(12)13)6-8-4-2-3-5-9(8)11;2-1(3)4/h2-5,7H,6H2,1H3,(H2,12,13);2H2,(H,3,4). The SMILES string of the molecule is CC(Cc1ccccc1Cl)OC(N)=O.NC(=O)O. The van der Waals surface area contributed by atoms with Crippen LogP contribution in [0.5, 0.6) is 0 Å². The van der Waals surface area contributed by atoms with Crippen LogP contribution in [0.1, 0.15) is 12.5 Å². The van der Waals surface area contributed by atoms with Gasteiger partial charge in [-0.3, -0.25) is 0 Å². The Kier molecular flexibility index (Phi) is 7.30. The van der Waals surface area contributed by atoms with E-state index in [-0.39, 0.29) is 6.10 Å². The summed E-state index contributed by atoms with van der Waals surface area (Å²) in [6.45, 7) is 1.77. The molecule has 0 aliphatic carbocycles. The number of halogens is 1. The molecule has 1 unspecified atom stereocenters. The lowest BCUT2D eigenvalue weighted by Crippen LogP contribution is -2.22. The van der Waals surface area contributed by atoms with Gasteiger partial charge in [0, 0.05) is 11.4 Å². The van der Waals surface area contributed by atoms with Crippen LogP contribution in [0.4, 0.5) is 9.59 Å². The molecule has 100 valence electrons. The zero-order valence-corrected chi connectivity index (χ0v) is 10.6. The molecule has 0 saturated heterocycles. The van der Waals surface area contributed by atoms with Crippen LogP contribution in [0.15, 0.2) is 24.3 Å². The molecular formula is C11H15ClN2O4. The van der Waals surface area contributed by atoms with Crippen LogP contribution in [-0.2, 0) is 11.2 Å². The summed E-state index contributed by atoms with van der Waals surface area (Å²) in [6, 6.07) is 7.43. The number of primary amides is 2. The monoisotopic (exact) mass is 274 g/mol. The molecule has 0 aliphatic heterocycles. The third-order valence-electron chi connectivity index (χ3n) is 1.78. The lowest BCUT2D eigenvalue weighted by atomic mass is 10.1. The number of hydrogen-bond acceptors (Lipinski definition) is 3. The van der Waals surface area contributed by atoms with Crippen molar-refractivity contribution in [2.24, 2.45) is 11.5 Å². The van der Waals surface area contributed by atoms with Gasteiger partial charge in [-0.25, -0.2) is 9.59 Å². The molecule has 0 heterocycles. The van der Waals surface area contributed by atoms with Gasteiger partial charge in [-0.1, -0.05) is 29.8 Å². The Morgan fingerprint density at radius 1 is 1.39 bits per heavy atom. The van der Waals surface area contributed by atoms with E-state index in [9.17, 15) is 4.79 Å². The second-order valence-electron chi connectivity index (χ2n) is 3.38. The second-order valence-corrected chi connectivity index (χ2v) is 3.79. The molecule has 0 fully saturated rings. The zero-order chi connectivity index (χ0) is 14.1. The zero-order valence-electron chi connectivity index (χ0n) is 9.80. The molecule has 0 spiro atoms. The maximum Gasteiger partial charge on any atom is 0.404 e. The highest BCUT2D eigenvalue weighted by Gasteiger charge is 2.08. The van der Waals surface area contributed by atoms with Crippen molar-refractivity contribution in [2.75, 3.05) is 0 Å². The predicted octanol–water partition coefficient (Wildman–Crippen LogP) is 1.99. The molecule has 2 amide bonds. The summed E-state index contributed by atoms with van der Waals surface area (Å²) in [7, 11) is 0. The number of hydrogen-bond donors (Lipinski definition) is 3. The van der Waals surface area contributed by atoms with E-state index in [0.717, 1.165) is 5.56 Å². The lowest BCUT2D eigenvalue weighted by molar-refractivity contribution is 0.116. The largest absolute Gasteiger partial charge is 0.465 e. The van der Waals surface area contributed by atoms with Crippen molar-refractivity contribution in [3.05, 3.63) is 34.9 Å². The van der Waals surface area contributed by atoms with Crippen molar-refractivity contribution in [1.82, 2.24) is 0 Å². The van der Waals surface area contributed by atoms with Crippen LogP contribution in [0.2, 0.25) is 5.02 Å². The fraction of sp³-hybridized carbons (Fsp3) is 0.273. The van der Waals surface area contributed by atoms with Crippen LogP contribution in [0.3, 0.4) is 0 Å². The molecule has 0 saturated carbocycles. The smallest absolute Gasteiger partial charge is 0.404 e. The summed E-state index contributed by atoms with van der Waals surface area (Å²) in [5, 5.41) is 7.87. The summed E-state index contributed by atoms with van der Waals surface area (Å²) in [5.74, 6) is 0. The minimum atomic E-state index is -1.33. The van der Waals surface area contributed by atoms with Gasteiger partial charge in [-0.15, -0.1) is 0 Å². The van der Waals surface area contributed by atoms with E-state index in [1.807, 2.05) is 18.2 Å². The van der Waals surface area contributed by atoms with Crippen LogP contribution < -0.4 is 11.5 Å². The molecule has 5 N–H and O–H groups in total. The van der Waals surface area contributed by atoms with E-state index in [4.69, 9.17) is 32.0 Å². The van der Waals surface area contributed by atoms with E-state index >= 15 is 0 Å². The lowest BCUT2D eigenvalue weighted by Gasteiger charge is -2.11. The van der Waals surface area contributed by atoms with Gasteiger partial charge >= 0.3 is 12.2 Å². The molecule has 0 bridgehead atoms. The van der Waals surface area contributed by atoms with Gasteiger partial charge in [0.25, 0.3) is 0 Å². The summed E-state index contributed by atoms with van der Waals surface area (Å²) in [4.78, 5) is 19.2. The van der Waals surface area contributed by atoms with E-state index < -0.39 is 12.2 Å². The normalized spacial score (nSPS) is 10.8. The quantitative estimate of drug-likeness (QED) is 0.781. The van der Waals surface area contributed by atoms with E-state index in [0.29, 0.717) is 11.4 Å². The molecule has 0 aliphatic rings. The van der Waals surface area contributed by atoms with Crippen molar-refractivity contribution < 1.29 is 19.4 Å². The Bertz CT molecular complexity index is 408. The average molecular weight is 275 g/mol. The number of rotatable bonds is 3. The first-order valence-corrected chi connectivity index (χ1v) is 5.38. The van der Waals surface area contributed by atoms with Gasteiger partial charge in [0.05, 0.1) is 0 Å². The average Bonchev–Trinajstić information content (AvgIpc) is 2.19. The van der Waals surface area contributed by atoms with Crippen LogP contribution >= 0.6 is 11.6 Å². The summed E-state index contributed by atoms with van der Waals surface area (Å²) in [6.07, 6.45) is -1.78. The summed E-state index contributed by atoms with van der Waals surface area (Å²) >= 11 is 5.93. The number of nitrogens with two attached hydrogens (primary N) is 2. The third kappa shape index (κ3) is 8.23. The minimum Gasteiger partial charge on any atom is -0.465 e. The van der Waals surface area contributed by atoms with Crippen molar-refractivity contribution in [3.63, 3.8) is 0 Å². The van der Waals surface area contributed by atoms with Crippen LogP contribution in [0, 0.1) is 0 Å². The Morgan fingerprint density at radius 3 is 2.33 bits per heavy atom. The Hall–Kier alpha value is -1.95. The number of carboxylic acid groups (broad SMARTS) is 1. The first-order valence-electron chi connectivity index (χ1n) is 5.00. The van der Waals surface area contributed by atoms with Crippen molar-refractivity contribution in [1.29, 1.82) is 0 Å². The molecule has 7 heteroatoms. The van der Waals surface area contributed by atoms with Gasteiger partial charge < -0.3 is 21.3 Å². The highest BCUT2D eigenvalue weighted by atomic mass is 35.5. The van der Waals surface area contributed by atoms with Crippen LogP contribution in [-0.4, -0.2) is 23.4 Å². The minimum absolute atomic E-state index is 0.257. The third-order valence-corrected chi connectivity index (χ3v) is 2.15. The maximum absolute atomic E-state index is 10.5. The Balaban J connectivity index is 0.000000631. The van der Waals surface area contributed by atoms with Crippen molar-refractivity contribution in [3.8, 4) is 0 Å². The number of carbonyl (C=O) groups is 2. The van der Waals surface area contributed by atoms with Crippen molar-refractivity contribution >= 4 is 23.8 Å². The fourth-order valence-corrected chi connectivity index (χ4v) is 1.43. The fourth-order valence-electron chi connectivity index (χ4n) is 1.21. The first-order chi connectivity index (χ1) is 8.32. The Morgan fingerprint density at radius 2 is 1.89 bits per heavy atom. The molecule has 1 rings (SSSR count). The highest BCUT2D eigenvalue weighted by Crippen LogP contribution is 2.17. The van der Waals surface area contributed by atoms with E-state index in [2.05, 4.69) is 5.73 Å². The molecule has 1 aromatic carbocycles. The molecule has 0 radical (unpaired) electrons. The molecule has 18 heavy (non-hydrogen) atoms. The first kappa shape index (κ1) is 16.1. The maximum atomic E-state index is 10.5. The molecule has 6 nitrogen and oxygen atoms in total. The van der Waals surface area contributed by atoms with Gasteiger partial charge in [-0.05, 0) is 18.6 Å². The summed E-state index contributed by atoms with van der Waals surface area (Å²) < 4.78 is 4.79. The summed E-state index contributed by atoms with van der Waals surface area (Å²) in [5.41, 5.74) is 9.87. The van der Waals surface area contributed by atoms with E-state index in [1.54, 1.807) is 13.0 Å². The molecule has 1 aromatic rings. The number of carbonyl (C=O) groups excluding carboxylic acids is 1.